The Morgan fingerprint density at radius 2 is 1.89 bits per heavy atom. The van der Waals surface area contributed by atoms with Crippen molar-refractivity contribution >= 4 is 11.7 Å². The van der Waals surface area contributed by atoms with Crippen molar-refractivity contribution in [1.82, 2.24) is 4.48 Å². The molecule has 0 heterocycles. The van der Waals surface area contributed by atoms with Crippen LogP contribution in [0.2, 0.25) is 0 Å². The quantitative estimate of drug-likeness (QED) is 0.850. The Morgan fingerprint density at radius 3 is 2.28 bits per heavy atom. The molecule has 0 saturated carbocycles. The number of aromatic carboxylic acids is 1. The maximum atomic E-state index is 13.0. The van der Waals surface area contributed by atoms with Crippen LogP contribution >= 0.6 is 0 Å². The third kappa shape index (κ3) is 2.81. The summed E-state index contributed by atoms with van der Waals surface area (Å²) in [5, 5.41) is 8.75. The molecule has 3 nitrogen and oxygen atoms in total. The van der Waals surface area contributed by atoms with Crippen LogP contribution in [0.5, 0.6) is 0 Å². The van der Waals surface area contributed by atoms with Gasteiger partial charge in [0.1, 0.15) is 11.3 Å². The lowest BCUT2D eigenvalue weighted by atomic mass is 10.1. The smallest absolute Gasteiger partial charge is 0.422 e. The summed E-state index contributed by atoms with van der Waals surface area (Å²) >= 11 is 0. The first-order valence-electron chi connectivity index (χ1n) is 5.37. The van der Waals surface area contributed by atoms with Crippen LogP contribution < -0.4 is 4.48 Å². The van der Waals surface area contributed by atoms with Crippen LogP contribution in [0.4, 0.5) is 18.9 Å². The Bertz CT molecular complexity index is 467. The van der Waals surface area contributed by atoms with Gasteiger partial charge in [0.25, 0.3) is 0 Å². The average Bonchev–Trinajstić information content (AvgIpc) is 2.27. The van der Waals surface area contributed by atoms with E-state index in [2.05, 4.69) is 0 Å². The van der Waals surface area contributed by atoms with Gasteiger partial charge < -0.3 is 5.11 Å². The molecule has 6 heteroatoms. The molecule has 0 unspecified atom stereocenters. The minimum absolute atomic E-state index is 0.0365. The summed E-state index contributed by atoms with van der Waals surface area (Å²) in [5.74, 6) is -1.37. The topological polar surface area (TPSA) is 37.3 Å². The highest BCUT2D eigenvalue weighted by molar-refractivity contribution is 5.88. The molecule has 0 aliphatic rings. The lowest BCUT2D eigenvalue weighted by Crippen LogP contribution is -2.41. The number of quaternary nitrogens is 1. The fraction of sp³-hybridized carbons (Fsp3) is 0.417. The average molecular weight is 262 g/mol. The summed E-state index contributed by atoms with van der Waals surface area (Å²) in [6, 6.07) is 3.12. The number of halogens is 3. The predicted octanol–water partition coefficient (Wildman–Crippen LogP) is 2.99. The molecule has 0 amide bonds. The van der Waals surface area contributed by atoms with Crippen molar-refractivity contribution in [2.75, 3.05) is 20.6 Å². The molecule has 0 radical (unpaired) electrons. The SMILES string of the molecule is CC[N+](C)(C)c1ccc(C(=O)O)cc1C(F)(F)F. The van der Waals surface area contributed by atoms with Gasteiger partial charge in [-0.2, -0.15) is 13.2 Å². The molecule has 1 N–H and O–H groups in total. The first-order chi connectivity index (χ1) is 8.09. The van der Waals surface area contributed by atoms with Gasteiger partial charge >= 0.3 is 12.1 Å². The molecular formula is C12H15F3NO2+. The zero-order valence-corrected chi connectivity index (χ0v) is 10.4. The van der Waals surface area contributed by atoms with Crippen LogP contribution in [-0.2, 0) is 6.18 Å². The number of nitrogens with zero attached hydrogens (tertiary/aromatic N) is 1. The predicted molar refractivity (Wildman–Crippen MR) is 62.6 cm³/mol. The first-order valence-corrected chi connectivity index (χ1v) is 5.37. The number of carboxylic acid groups (broad SMARTS) is 1. The van der Waals surface area contributed by atoms with E-state index >= 15 is 0 Å². The summed E-state index contributed by atoms with van der Waals surface area (Å²) in [6.07, 6.45) is -4.56. The number of benzene rings is 1. The molecule has 100 valence electrons. The van der Waals surface area contributed by atoms with E-state index in [0.717, 1.165) is 0 Å². The second kappa shape index (κ2) is 4.61. The highest BCUT2D eigenvalue weighted by Crippen LogP contribution is 2.38. The van der Waals surface area contributed by atoms with E-state index < -0.39 is 17.7 Å². The molecule has 0 aliphatic heterocycles. The minimum atomic E-state index is -4.56. The highest BCUT2D eigenvalue weighted by Gasteiger charge is 2.39. The molecule has 1 rings (SSSR count). The van der Waals surface area contributed by atoms with Gasteiger partial charge in [0.2, 0.25) is 0 Å². The lowest BCUT2D eigenvalue weighted by Gasteiger charge is -2.30. The molecule has 0 fully saturated rings. The molecule has 0 bridgehead atoms. The third-order valence-electron chi connectivity index (χ3n) is 2.99. The van der Waals surface area contributed by atoms with Gasteiger partial charge in [0.15, 0.2) is 0 Å². The lowest BCUT2D eigenvalue weighted by molar-refractivity contribution is -0.137. The summed E-state index contributed by atoms with van der Waals surface area (Å²) in [6.45, 7) is 2.24. The Kier molecular flexibility index (Phi) is 3.71. The molecule has 0 saturated heterocycles. The van der Waals surface area contributed by atoms with Gasteiger partial charge in [-0.05, 0) is 19.1 Å². The Morgan fingerprint density at radius 1 is 1.33 bits per heavy atom. The zero-order valence-electron chi connectivity index (χ0n) is 10.4. The van der Waals surface area contributed by atoms with E-state index in [1.807, 2.05) is 0 Å². The monoisotopic (exact) mass is 262 g/mol. The molecular weight excluding hydrogens is 247 g/mol. The Labute approximate surface area is 103 Å². The summed E-state index contributed by atoms with van der Waals surface area (Å²) in [4.78, 5) is 10.7. The van der Waals surface area contributed by atoms with Crippen molar-refractivity contribution in [3.63, 3.8) is 0 Å². The summed E-state index contributed by atoms with van der Waals surface area (Å²) < 4.78 is 38.9. The number of alkyl halides is 3. The maximum Gasteiger partial charge on any atom is 0.422 e. The normalized spacial score (nSPS) is 12.6. The largest absolute Gasteiger partial charge is 0.478 e. The van der Waals surface area contributed by atoms with Crippen LogP contribution in [0.15, 0.2) is 18.2 Å². The van der Waals surface area contributed by atoms with E-state index in [-0.39, 0.29) is 15.7 Å². The Hall–Kier alpha value is -1.56. The van der Waals surface area contributed by atoms with Gasteiger partial charge in [-0.25, -0.2) is 4.79 Å². The van der Waals surface area contributed by atoms with E-state index in [1.165, 1.54) is 12.1 Å². The minimum Gasteiger partial charge on any atom is -0.478 e. The molecule has 0 spiro atoms. The third-order valence-corrected chi connectivity index (χ3v) is 2.99. The van der Waals surface area contributed by atoms with Crippen LogP contribution in [0.25, 0.3) is 0 Å². The van der Waals surface area contributed by atoms with Crippen molar-refractivity contribution in [1.29, 1.82) is 0 Å². The van der Waals surface area contributed by atoms with E-state index in [0.29, 0.717) is 12.6 Å². The van der Waals surface area contributed by atoms with Crippen molar-refractivity contribution in [2.45, 2.75) is 13.1 Å². The van der Waals surface area contributed by atoms with E-state index in [1.54, 1.807) is 21.0 Å². The Balaban J connectivity index is 3.49. The number of rotatable bonds is 3. The number of hydrogen-bond donors (Lipinski definition) is 1. The van der Waals surface area contributed by atoms with Crippen LogP contribution in [-0.4, -0.2) is 31.7 Å². The van der Waals surface area contributed by atoms with Gasteiger partial charge in [0, 0.05) is 6.07 Å². The molecule has 0 atom stereocenters. The standard InChI is InChI=1S/C12H14F3NO2/c1-4-16(2,3)10-6-5-8(11(17)18)7-9(10)12(13,14)15/h5-7H,4H2,1-3H3/p+1. The van der Waals surface area contributed by atoms with Crippen molar-refractivity contribution in [3.8, 4) is 0 Å². The van der Waals surface area contributed by atoms with Gasteiger partial charge in [-0.1, -0.05) is 0 Å². The van der Waals surface area contributed by atoms with Crippen molar-refractivity contribution < 1.29 is 23.1 Å². The molecule has 18 heavy (non-hydrogen) atoms. The summed E-state index contributed by atoms with van der Waals surface area (Å²) in [5.41, 5.74) is -1.19. The molecule has 1 aromatic rings. The number of carboxylic acids is 1. The maximum absolute atomic E-state index is 13.0. The second-order valence-corrected chi connectivity index (χ2v) is 4.54. The van der Waals surface area contributed by atoms with E-state index in [4.69, 9.17) is 5.11 Å². The molecule has 0 aromatic heterocycles. The number of carbonyl (C=O) groups is 1. The second-order valence-electron chi connectivity index (χ2n) is 4.54. The van der Waals surface area contributed by atoms with Crippen LogP contribution in [0, 0.1) is 0 Å². The fourth-order valence-corrected chi connectivity index (χ4v) is 1.59. The fourth-order valence-electron chi connectivity index (χ4n) is 1.59. The van der Waals surface area contributed by atoms with Crippen LogP contribution in [0.3, 0.4) is 0 Å². The first kappa shape index (κ1) is 14.5. The zero-order chi connectivity index (χ0) is 14.1. The van der Waals surface area contributed by atoms with Crippen molar-refractivity contribution in [3.05, 3.63) is 29.3 Å². The van der Waals surface area contributed by atoms with Gasteiger partial charge in [0.05, 0.1) is 26.2 Å². The molecule has 0 aliphatic carbocycles. The van der Waals surface area contributed by atoms with Gasteiger partial charge in [-0.3, -0.25) is 4.48 Å². The van der Waals surface area contributed by atoms with Crippen molar-refractivity contribution in [2.24, 2.45) is 0 Å². The van der Waals surface area contributed by atoms with Gasteiger partial charge in [-0.15, -0.1) is 0 Å². The summed E-state index contributed by atoms with van der Waals surface area (Å²) in [7, 11) is 3.29. The van der Waals surface area contributed by atoms with E-state index in [9.17, 15) is 18.0 Å². The van der Waals surface area contributed by atoms with Crippen LogP contribution in [0.1, 0.15) is 22.8 Å². The molecule has 1 aromatic carbocycles. The highest BCUT2D eigenvalue weighted by atomic mass is 19.4. The number of hydrogen-bond acceptors (Lipinski definition) is 1.